The summed E-state index contributed by atoms with van der Waals surface area (Å²) in [6.45, 7) is 3.86. The average molecular weight is 334 g/mol. The molecule has 2 aromatic carbocycles. The molecule has 0 aromatic heterocycles. The van der Waals surface area contributed by atoms with Gasteiger partial charge in [0.1, 0.15) is 0 Å². The number of anilines is 1. The summed E-state index contributed by atoms with van der Waals surface area (Å²) in [5, 5.41) is 12.6. The van der Waals surface area contributed by atoms with Crippen LogP contribution in [0.4, 0.5) is 5.69 Å². The van der Waals surface area contributed by atoms with E-state index < -0.39 is 12.0 Å². The Kier molecular flexibility index (Phi) is 4.45. The summed E-state index contributed by atoms with van der Waals surface area (Å²) in [6, 6.07) is 12.5. The molecule has 1 unspecified atom stereocenters. The number of aliphatic carboxylic acids is 1. The van der Waals surface area contributed by atoms with Crippen LogP contribution in [0.2, 0.25) is 0 Å². The summed E-state index contributed by atoms with van der Waals surface area (Å²) in [5.41, 5.74) is 3.55. The maximum Gasteiger partial charge on any atom is 0.330 e. The molecular formula is C16H16BrNO2. The zero-order valence-electron chi connectivity index (χ0n) is 11.4. The van der Waals surface area contributed by atoms with Crippen LogP contribution in [-0.2, 0) is 4.79 Å². The number of carbonyl (C=O) groups is 1. The summed E-state index contributed by atoms with van der Waals surface area (Å²) < 4.78 is 0.960. The van der Waals surface area contributed by atoms with E-state index in [4.69, 9.17) is 0 Å². The van der Waals surface area contributed by atoms with Crippen molar-refractivity contribution in [2.45, 2.75) is 19.9 Å². The SMILES string of the molecule is Cc1cccc(C)c1C(Nc1ccc(Br)cc1)C(=O)O. The first-order valence-electron chi connectivity index (χ1n) is 6.30. The molecule has 20 heavy (non-hydrogen) atoms. The molecule has 0 saturated carbocycles. The summed E-state index contributed by atoms with van der Waals surface area (Å²) in [7, 11) is 0. The number of hydrogen-bond donors (Lipinski definition) is 2. The van der Waals surface area contributed by atoms with Gasteiger partial charge in [-0.25, -0.2) is 4.79 Å². The van der Waals surface area contributed by atoms with Crippen molar-refractivity contribution in [2.24, 2.45) is 0 Å². The molecule has 0 radical (unpaired) electrons. The first-order chi connectivity index (χ1) is 9.49. The molecule has 2 rings (SSSR count). The third-order valence-electron chi connectivity index (χ3n) is 3.23. The highest BCUT2D eigenvalue weighted by atomic mass is 79.9. The molecule has 2 aromatic rings. The highest BCUT2D eigenvalue weighted by Crippen LogP contribution is 2.26. The van der Waals surface area contributed by atoms with Gasteiger partial charge < -0.3 is 10.4 Å². The smallest absolute Gasteiger partial charge is 0.330 e. The van der Waals surface area contributed by atoms with E-state index >= 15 is 0 Å². The number of hydrogen-bond acceptors (Lipinski definition) is 2. The molecule has 0 amide bonds. The largest absolute Gasteiger partial charge is 0.479 e. The van der Waals surface area contributed by atoms with Crippen LogP contribution in [0.1, 0.15) is 22.7 Å². The lowest BCUT2D eigenvalue weighted by atomic mass is 9.96. The fraction of sp³-hybridized carbons (Fsp3) is 0.188. The van der Waals surface area contributed by atoms with Gasteiger partial charge in [0.05, 0.1) is 0 Å². The van der Waals surface area contributed by atoms with E-state index in [0.29, 0.717) is 0 Å². The minimum atomic E-state index is -0.884. The molecule has 0 spiro atoms. The van der Waals surface area contributed by atoms with Crippen LogP contribution in [0, 0.1) is 13.8 Å². The van der Waals surface area contributed by atoms with Crippen molar-refractivity contribution in [3.63, 3.8) is 0 Å². The van der Waals surface area contributed by atoms with Crippen molar-refractivity contribution in [1.29, 1.82) is 0 Å². The molecule has 1 atom stereocenters. The fourth-order valence-corrected chi connectivity index (χ4v) is 2.52. The minimum absolute atomic E-state index is 0.752. The van der Waals surface area contributed by atoms with Crippen molar-refractivity contribution >= 4 is 27.6 Å². The molecule has 0 saturated heterocycles. The number of nitrogens with one attached hydrogen (secondary N) is 1. The normalized spacial score (nSPS) is 11.9. The molecule has 104 valence electrons. The molecule has 4 heteroatoms. The minimum Gasteiger partial charge on any atom is -0.479 e. The maximum atomic E-state index is 11.6. The van der Waals surface area contributed by atoms with Crippen LogP contribution < -0.4 is 5.32 Å². The van der Waals surface area contributed by atoms with Gasteiger partial charge in [-0.1, -0.05) is 34.1 Å². The van der Waals surface area contributed by atoms with Crippen molar-refractivity contribution in [1.82, 2.24) is 0 Å². The molecule has 0 aliphatic rings. The first-order valence-corrected chi connectivity index (χ1v) is 7.09. The molecule has 0 aliphatic heterocycles. The van der Waals surface area contributed by atoms with Gasteiger partial charge in [0.15, 0.2) is 6.04 Å². The van der Waals surface area contributed by atoms with Crippen molar-refractivity contribution in [3.8, 4) is 0 Å². The lowest BCUT2D eigenvalue weighted by Crippen LogP contribution is -2.22. The van der Waals surface area contributed by atoms with Gasteiger partial charge in [-0.05, 0) is 54.8 Å². The van der Waals surface area contributed by atoms with Crippen LogP contribution in [0.5, 0.6) is 0 Å². The zero-order chi connectivity index (χ0) is 14.7. The van der Waals surface area contributed by atoms with E-state index in [1.165, 1.54) is 0 Å². The van der Waals surface area contributed by atoms with Crippen LogP contribution >= 0.6 is 15.9 Å². The molecule has 0 heterocycles. The Hall–Kier alpha value is -1.81. The summed E-state index contributed by atoms with van der Waals surface area (Å²) in [4.78, 5) is 11.6. The monoisotopic (exact) mass is 333 g/mol. The van der Waals surface area contributed by atoms with Gasteiger partial charge in [-0.2, -0.15) is 0 Å². The molecule has 0 bridgehead atoms. The Morgan fingerprint density at radius 3 is 2.15 bits per heavy atom. The standard InChI is InChI=1S/C16H16BrNO2/c1-10-4-3-5-11(2)14(10)15(16(19)20)18-13-8-6-12(17)7-9-13/h3-9,15,18H,1-2H3,(H,19,20). The Morgan fingerprint density at radius 1 is 1.10 bits per heavy atom. The third-order valence-corrected chi connectivity index (χ3v) is 3.76. The number of carboxylic acid groups (broad SMARTS) is 1. The van der Waals surface area contributed by atoms with Crippen molar-refractivity contribution in [3.05, 3.63) is 63.6 Å². The summed E-state index contributed by atoms with van der Waals surface area (Å²) >= 11 is 3.36. The molecule has 2 N–H and O–H groups in total. The Labute approximate surface area is 126 Å². The first kappa shape index (κ1) is 14.6. The molecular weight excluding hydrogens is 318 g/mol. The Bertz CT molecular complexity index is 603. The van der Waals surface area contributed by atoms with Gasteiger partial charge in [0.25, 0.3) is 0 Å². The van der Waals surface area contributed by atoms with E-state index in [0.717, 1.165) is 26.9 Å². The summed E-state index contributed by atoms with van der Waals surface area (Å²) in [6.07, 6.45) is 0. The van der Waals surface area contributed by atoms with Gasteiger partial charge in [-0.3, -0.25) is 0 Å². The van der Waals surface area contributed by atoms with E-state index in [1.54, 1.807) is 0 Å². The molecule has 3 nitrogen and oxygen atoms in total. The van der Waals surface area contributed by atoms with Crippen LogP contribution in [-0.4, -0.2) is 11.1 Å². The Balaban J connectivity index is 2.37. The van der Waals surface area contributed by atoms with Gasteiger partial charge in [0.2, 0.25) is 0 Å². The number of halogens is 1. The fourth-order valence-electron chi connectivity index (χ4n) is 2.25. The van der Waals surface area contributed by atoms with Crippen LogP contribution in [0.25, 0.3) is 0 Å². The second-order valence-corrected chi connectivity index (χ2v) is 5.64. The highest BCUT2D eigenvalue weighted by molar-refractivity contribution is 9.10. The van der Waals surface area contributed by atoms with Crippen molar-refractivity contribution < 1.29 is 9.90 Å². The van der Waals surface area contributed by atoms with Crippen LogP contribution in [0.3, 0.4) is 0 Å². The highest BCUT2D eigenvalue weighted by Gasteiger charge is 2.23. The van der Waals surface area contributed by atoms with E-state index in [1.807, 2.05) is 56.3 Å². The third kappa shape index (κ3) is 3.20. The predicted molar refractivity (Wildman–Crippen MR) is 84.1 cm³/mol. The predicted octanol–water partition coefficient (Wildman–Crippen LogP) is 4.30. The topological polar surface area (TPSA) is 49.3 Å². The van der Waals surface area contributed by atoms with Crippen LogP contribution in [0.15, 0.2) is 46.9 Å². The second kappa shape index (κ2) is 6.09. The second-order valence-electron chi connectivity index (χ2n) is 4.73. The lowest BCUT2D eigenvalue weighted by Gasteiger charge is -2.20. The molecule has 0 aliphatic carbocycles. The van der Waals surface area contributed by atoms with E-state index in [-0.39, 0.29) is 0 Å². The Morgan fingerprint density at radius 2 is 1.65 bits per heavy atom. The van der Waals surface area contributed by atoms with Gasteiger partial charge in [-0.15, -0.1) is 0 Å². The average Bonchev–Trinajstić information content (AvgIpc) is 2.39. The van der Waals surface area contributed by atoms with E-state index in [2.05, 4.69) is 21.2 Å². The summed E-state index contributed by atoms with van der Waals surface area (Å²) in [5.74, 6) is -0.884. The number of benzene rings is 2. The van der Waals surface area contributed by atoms with Gasteiger partial charge in [0, 0.05) is 10.2 Å². The lowest BCUT2D eigenvalue weighted by molar-refractivity contribution is -0.138. The zero-order valence-corrected chi connectivity index (χ0v) is 12.9. The number of carboxylic acids is 1. The quantitative estimate of drug-likeness (QED) is 0.876. The maximum absolute atomic E-state index is 11.6. The van der Waals surface area contributed by atoms with Crippen molar-refractivity contribution in [2.75, 3.05) is 5.32 Å². The number of rotatable bonds is 4. The van der Waals surface area contributed by atoms with E-state index in [9.17, 15) is 9.90 Å². The number of aryl methyl sites for hydroxylation is 2. The molecule has 0 fully saturated rings. The van der Waals surface area contributed by atoms with Gasteiger partial charge >= 0.3 is 5.97 Å².